The summed E-state index contributed by atoms with van der Waals surface area (Å²) in [6, 6.07) is 14.7. The molecule has 8 nitrogen and oxygen atoms in total. The van der Waals surface area contributed by atoms with Crippen LogP contribution in [0, 0.1) is 5.92 Å². The number of rotatable bonds is 8. The lowest BCUT2D eigenvalue weighted by atomic mass is 9.91. The van der Waals surface area contributed by atoms with Gasteiger partial charge in [0.1, 0.15) is 12.6 Å². The molecule has 0 aromatic heterocycles. The van der Waals surface area contributed by atoms with Crippen LogP contribution in [0.25, 0.3) is 11.1 Å². The van der Waals surface area contributed by atoms with Gasteiger partial charge in [-0.2, -0.15) is 0 Å². The molecule has 8 heteroatoms. The third-order valence-corrected chi connectivity index (χ3v) is 6.29. The second-order valence-corrected chi connectivity index (χ2v) is 8.53. The molecule has 2 aromatic rings. The molecule has 0 spiro atoms. The first kappa shape index (κ1) is 23.5. The number of aliphatic carboxylic acids is 1. The number of fused-ring (bicyclic) bond motifs is 3. The van der Waals surface area contributed by atoms with E-state index in [4.69, 9.17) is 9.47 Å². The Kier molecular flexibility index (Phi) is 7.27. The Morgan fingerprint density at radius 1 is 1.06 bits per heavy atom. The predicted octanol–water partition coefficient (Wildman–Crippen LogP) is 3.08. The average molecular weight is 465 g/mol. The van der Waals surface area contributed by atoms with Crippen LogP contribution >= 0.6 is 0 Å². The van der Waals surface area contributed by atoms with Crippen molar-refractivity contribution in [1.29, 1.82) is 0 Å². The second kappa shape index (κ2) is 10.5. The van der Waals surface area contributed by atoms with Crippen molar-refractivity contribution in [3.05, 3.63) is 71.8 Å². The van der Waals surface area contributed by atoms with Crippen molar-refractivity contribution >= 4 is 18.0 Å². The van der Waals surface area contributed by atoms with Crippen molar-refractivity contribution in [3.63, 3.8) is 0 Å². The summed E-state index contributed by atoms with van der Waals surface area (Å²) >= 11 is 0. The lowest BCUT2D eigenvalue weighted by molar-refractivity contribution is -0.142. The maximum atomic E-state index is 12.8. The monoisotopic (exact) mass is 464 g/mol. The van der Waals surface area contributed by atoms with Gasteiger partial charge in [-0.3, -0.25) is 9.59 Å². The molecule has 178 valence electrons. The number of ether oxygens (including phenoxy) is 2. The van der Waals surface area contributed by atoms with Crippen LogP contribution in [0.5, 0.6) is 0 Å². The quantitative estimate of drug-likeness (QED) is 0.518. The number of carbonyl (C=O) groups excluding carboxylic acids is 2. The van der Waals surface area contributed by atoms with Gasteiger partial charge in [0.25, 0.3) is 0 Å². The van der Waals surface area contributed by atoms with Crippen molar-refractivity contribution < 1.29 is 29.0 Å². The summed E-state index contributed by atoms with van der Waals surface area (Å²) in [5, 5.41) is 14.6. The number of carboxylic acids is 1. The van der Waals surface area contributed by atoms with Crippen molar-refractivity contribution in [2.75, 3.05) is 20.3 Å². The van der Waals surface area contributed by atoms with Gasteiger partial charge in [-0.25, -0.2) is 4.79 Å². The minimum absolute atomic E-state index is 0.0468. The smallest absolute Gasteiger partial charge is 0.407 e. The molecule has 0 radical (unpaired) electrons. The summed E-state index contributed by atoms with van der Waals surface area (Å²) in [5.41, 5.74) is 4.45. The summed E-state index contributed by atoms with van der Waals surface area (Å²) in [6.45, 7) is 0.0850. The van der Waals surface area contributed by atoms with Crippen LogP contribution in [0.4, 0.5) is 4.79 Å². The number of nitrogens with one attached hydrogen (secondary N) is 2. The van der Waals surface area contributed by atoms with E-state index in [1.807, 2.05) is 36.4 Å². The van der Waals surface area contributed by atoms with E-state index in [1.54, 1.807) is 12.2 Å². The molecular weight excluding hydrogens is 436 g/mol. The molecule has 0 aliphatic heterocycles. The first-order chi connectivity index (χ1) is 16.5. The van der Waals surface area contributed by atoms with Crippen LogP contribution < -0.4 is 10.6 Å². The molecule has 2 aliphatic rings. The van der Waals surface area contributed by atoms with E-state index in [2.05, 4.69) is 22.8 Å². The number of carbonyl (C=O) groups is 3. The van der Waals surface area contributed by atoms with Crippen LogP contribution in [-0.4, -0.2) is 55.5 Å². The highest BCUT2D eigenvalue weighted by atomic mass is 16.5. The SMILES string of the molecule is COC[C@H](NC(=O)OCC1c2ccccc2-c2ccccc21)C(=O)N[C@H]1C=CC[C@H](C(=O)O)C1. The molecule has 0 fully saturated rings. The van der Waals surface area contributed by atoms with Crippen LogP contribution in [-0.2, 0) is 19.1 Å². The number of hydrogen-bond donors (Lipinski definition) is 3. The molecule has 3 atom stereocenters. The number of allylic oxidation sites excluding steroid dienone is 1. The van der Waals surface area contributed by atoms with E-state index in [-0.39, 0.29) is 19.1 Å². The predicted molar refractivity (Wildman–Crippen MR) is 125 cm³/mol. The number of carboxylic acid groups (broad SMARTS) is 1. The molecule has 0 unspecified atom stereocenters. The maximum Gasteiger partial charge on any atom is 0.407 e. The van der Waals surface area contributed by atoms with Crippen LogP contribution in [0.3, 0.4) is 0 Å². The molecule has 0 saturated heterocycles. The number of alkyl carbamates (subject to hydrolysis) is 1. The molecule has 0 heterocycles. The minimum atomic E-state index is -0.973. The first-order valence-corrected chi connectivity index (χ1v) is 11.3. The van der Waals surface area contributed by atoms with E-state index in [1.165, 1.54) is 7.11 Å². The third-order valence-electron chi connectivity index (χ3n) is 6.29. The molecule has 2 aromatic carbocycles. The summed E-state index contributed by atoms with van der Waals surface area (Å²) in [7, 11) is 1.43. The van der Waals surface area contributed by atoms with Crippen LogP contribution in [0.1, 0.15) is 29.9 Å². The Bertz CT molecular complexity index is 1050. The van der Waals surface area contributed by atoms with Gasteiger partial charge >= 0.3 is 12.1 Å². The minimum Gasteiger partial charge on any atom is -0.481 e. The highest BCUT2D eigenvalue weighted by Gasteiger charge is 2.31. The van der Waals surface area contributed by atoms with Gasteiger partial charge in [0, 0.05) is 19.1 Å². The van der Waals surface area contributed by atoms with Crippen molar-refractivity contribution in [3.8, 4) is 11.1 Å². The topological polar surface area (TPSA) is 114 Å². The van der Waals surface area contributed by atoms with Gasteiger partial charge in [0.2, 0.25) is 5.91 Å². The van der Waals surface area contributed by atoms with Crippen molar-refractivity contribution in [1.82, 2.24) is 10.6 Å². The van der Waals surface area contributed by atoms with Crippen molar-refractivity contribution in [2.24, 2.45) is 5.92 Å². The van der Waals surface area contributed by atoms with Crippen LogP contribution in [0.15, 0.2) is 60.7 Å². The Morgan fingerprint density at radius 2 is 1.71 bits per heavy atom. The molecule has 34 heavy (non-hydrogen) atoms. The fourth-order valence-electron chi connectivity index (χ4n) is 4.61. The zero-order valence-corrected chi connectivity index (χ0v) is 18.9. The Hall–Kier alpha value is -3.65. The Morgan fingerprint density at radius 3 is 2.32 bits per heavy atom. The largest absolute Gasteiger partial charge is 0.481 e. The molecule has 3 N–H and O–H groups in total. The second-order valence-electron chi connectivity index (χ2n) is 8.53. The zero-order valence-electron chi connectivity index (χ0n) is 18.9. The van der Waals surface area contributed by atoms with Gasteiger partial charge in [0.05, 0.1) is 12.5 Å². The zero-order chi connectivity index (χ0) is 24.1. The summed E-state index contributed by atoms with van der Waals surface area (Å²) in [5.74, 6) is -2.00. The van der Waals surface area contributed by atoms with E-state index in [0.29, 0.717) is 12.8 Å². The fourth-order valence-corrected chi connectivity index (χ4v) is 4.61. The van der Waals surface area contributed by atoms with Gasteiger partial charge in [-0.15, -0.1) is 0 Å². The normalized spacial score (nSPS) is 19.6. The lowest BCUT2D eigenvalue weighted by Gasteiger charge is -2.25. The molecule has 4 rings (SSSR count). The van der Waals surface area contributed by atoms with Gasteiger partial charge < -0.3 is 25.2 Å². The number of methoxy groups -OCH3 is 1. The number of amides is 2. The highest BCUT2D eigenvalue weighted by molar-refractivity contribution is 5.86. The van der Waals surface area contributed by atoms with E-state index >= 15 is 0 Å². The molecule has 2 aliphatic carbocycles. The first-order valence-electron chi connectivity index (χ1n) is 11.3. The van der Waals surface area contributed by atoms with E-state index < -0.39 is 36.0 Å². The van der Waals surface area contributed by atoms with Gasteiger partial charge in [-0.1, -0.05) is 60.7 Å². The average Bonchev–Trinajstić information content (AvgIpc) is 3.16. The fraction of sp³-hybridized carbons (Fsp3) is 0.346. The maximum absolute atomic E-state index is 12.8. The third kappa shape index (κ3) is 5.12. The molecule has 0 bridgehead atoms. The number of hydrogen-bond acceptors (Lipinski definition) is 5. The Labute approximate surface area is 198 Å². The van der Waals surface area contributed by atoms with E-state index in [9.17, 15) is 19.5 Å². The summed E-state index contributed by atoms with van der Waals surface area (Å²) in [4.78, 5) is 36.6. The van der Waals surface area contributed by atoms with Gasteiger partial charge in [0.15, 0.2) is 0 Å². The van der Waals surface area contributed by atoms with Crippen LogP contribution in [0.2, 0.25) is 0 Å². The van der Waals surface area contributed by atoms with Gasteiger partial charge in [-0.05, 0) is 35.1 Å². The van der Waals surface area contributed by atoms with Crippen molar-refractivity contribution in [2.45, 2.75) is 30.8 Å². The number of benzene rings is 2. The molecule has 0 saturated carbocycles. The van der Waals surface area contributed by atoms with E-state index in [0.717, 1.165) is 22.3 Å². The Balaban J connectivity index is 1.36. The highest BCUT2D eigenvalue weighted by Crippen LogP contribution is 2.44. The molecular formula is C26H28N2O6. The lowest BCUT2D eigenvalue weighted by Crippen LogP contribution is -2.52. The molecule has 2 amide bonds. The summed E-state index contributed by atoms with van der Waals surface area (Å²) < 4.78 is 10.6. The standard InChI is InChI=1S/C26H28N2O6/c1-33-15-23(24(29)27-17-8-6-7-16(13-17)25(30)31)28-26(32)34-14-22-20-11-4-2-9-18(20)19-10-3-5-12-21(19)22/h2-6,8-12,16-17,22-23H,7,13-15H2,1H3,(H,27,29)(H,28,32)(H,30,31)/t16-,17-,23-/m0/s1. The summed E-state index contributed by atoms with van der Waals surface area (Å²) in [6.07, 6.45) is 3.52.